The van der Waals surface area contributed by atoms with Crippen LogP contribution >= 0.6 is 0 Å². The number of aromatic amines is 1. The van der Waals surface area contributed by atoms with Gasteiger partial charge in [-0.1, -0.05) is 50.8 Å². The highest BCUT2D eigenvalue weighted by atomic mass is 16.4. The van der Waals surface area contributed by atoms with E-state index in [2.05, 4.69) is 11.9 Å². The van der Waals surface area contributed by atoms with Crippen LogP contribution in [-0.4, -0.2) is 21.8 Å². The van der Waals surface area contributed by atoms with Crippen molar-refractivity contribution >= 4 is 22.7 Å². The third kappa shape index (κ3) is 5.03. The molecule has 4 nitrogen and oxygen atoms in total. The summed E-state index contributed by atoms with van der Waals surface area (Å²) < 4.78 is 0. The molecule has 4 heteroatoms. The molecule has 1 aliphatic carbocycles. The molecule has 1 aliphatic rings. The van der Waals surface area contributed by atoms with Crippen molar-refractivity contribution in [1.82, 2.24) is 4.98 Å². The minimum absolute atomic E-state index is 0.111. The first-order valence-electron chi connectivity index (χ1n) is 11.0. The Morgan fingerprint density at radius 3 is 2.54 bits per heavy atom. The SMILES string of the molecule is CCCCCC1CCC(C(=O)c2c(CCCC(=O)O)[nH]c3ccccc23)CC1. The normalized spacial score (nSPS) is 19.8. The number of aromatic nitrogens is 1. The van der Waals surface area contributed by atoms with Gasteiger partial charge >= 0.3 is 5.97 Å². The topological polar surface area (TPSA) is 70.2 Å². The van der Waals surface area contributed by atoms with Crippen LogP contribution in [0.3, 0.4) is 0 Å². The summed E-state index contributed by atoms with van der Waals surface area (Å²) in [7, 11) is 0. The minimum atomic E-state index is -0.787. The van der Waals surface area contributed by atoms with E-state index in [-0.39, 0.29) is 18.1 Å². The van der Waals surface area contributed by atoms with E-state index in [1.807, 2.05) is 24.3 Å². The predicted molar refractivity (Wildman–Crippen MR) is 113 cm³/mol. The molecule has 2 N–H and O–H groups in total. The molecule has 0 radical (unpaired) electrons. The van der Waals surface area contributed by atoms with Gasteiger partial charge in [0.1, 0.15) is 0 Å². The van der Waals surface area contributed by atoms with E-state index in [1.54, 1.807) is 0 Å². The Kier molecular flexibility index (Phi) is 7.30. The molecule has 1 aromatic heterocycles. The molecule has 1 aromatic carbocycles. The van der Waals surface area contributed by atoms with E-state index >= 15 is 0 Å². The van der Waals surface area contributed by atoms with Crippen LogP contribution < -0.4 is 0 Å². The second-order valence-corrected chi connectivity index (χ2v) is 8.35. The van der Waals surface area contributed by atoms with Gasteiger partial charge in [-0.25, -0.2) is 0 Å². The van der Waals surface area contributed by atoms with E-state index in [0.29, 0.717) is 12.8 Å². The number of hydrogen-bond acceptors (Lipinski definition) is 2. The van der Waals surface area contributed by atoms with Gasteiger partial charge in [-0.2, -0.15) is 0 Å². The number of Topliss-reactive ketones (excluding diaryl/α,β-unsaturated/α-hetero) is 1. The fourth-order valence-corrected chi connectivity index (χ4v) is 4.68. The Balaban J connectivity index is 1.71. The number of nitrogens with one attached hydrogen (secondary N) is 1. The molecular formula is C24H33NO3. The molecule has 152 valence electrons. The summed E-state index contributed by atoms with van der Waals surface area (Å²) in [6.07, 6.45) is 10.8. The Bertz CT molecular complexity index is 799. The van der Waals surface area contributed by atoms with Gasteiger partial charge in [0, 0.05) is 34.5 Å². The van der Waals surface area contributed by atoms with Gasteiger partial charge in [-0.05, 0) is 50.5 Å². The molecule has 2 aromatic rings. The standard InChI is InChI=1S/C24H33NO3/c1-2-3-4-8-17-13-15-18(16-14-17)24(28)23-19-9-5-6-10-20(19)25-21(23)11-7-12-22(26)27/h5-6,9-10,17-18,25H,2-4,7-8,11-16H2,1H3,(H,26,27). The number of carboxylic acids is 1. The number of carbonyl (C=O) groups is 2. The fraction of sp³-hybridized carbons (Fsp3) is 0.583. The van der Waals surface area contributed by atoms with Crippen molar-refractivity contribution in [2.75, 3.05) is 0 Å². The summed E-state index contributed by atoms with van der Waals surface area (Å²) in [5.41, 5.74) is 2.71. The van der Waals surface area contributed by atoms with Crippen LogP contribution in [0.4, 0.5) is 0 Å². The molecule has 0 atom stereocenters. The van der Waals surface area contributed by atoms with Gasteiger partial charge in [-0.15, -0.1) is 0 Å². The molecule has 0 aliphatic heterocycles. The van der Waals surface area contributed by atoms with Crippen molar-refractivity contribution in [3.8, 4) is 0 Å². The lowest BCUT2D eigenvalue weighted by Gasteiger charge is -2.28. The van der Waals surface area contributed by atoms with Gasteiger partial charge < -0.3 is 10.1 Å². The molecule has 0 saturated heterocycles. The molecule has 0 spiro atoms. The molecule has 1 saturated carbocycles. The molecule has 1 fully saturated rings. The Hall–Kier alpha value is -2.10. The number of unbranched alkanes of at least 4 members (excludes halogenated alkanes) is 2. The lowest BCUT2D eigenvalue weighted by Crippen LogP contribution is -2.22. The van der Waals surface area contributed by atoms with E-state index in [1.165, 1.54) is 25.7 Å². The molecule has 3 rings (SSSR count). The number of para-hydroxylation sites is 1. The fourth-order valence-electron chi connectivity index (χ4n) is 4.68. The molecule has 0 unspecified atom stereocenters. The smallest absolute Gasteiger partial charge is 0.303 e. The lowest BCUT2D eigenvalue weighted by atomic mass is 9.76. The van der Waals surface area contributed by atoms with Crippen molar-refractivity contribution in [1.29, 1.82) is 0 Å². The maximum atomic E-state index is 13.4. The molecule has 28 heavy (non-hydrogen) atoms. The molecule has 1 heterocycles. The number of aliphatic carboxylic acids is 1. The van der Waals surface area contributed by atoms with Crippen LogP contribution in [-0.2, 0) is 11.2 Å². The maximum absolute atomic E-state index is 13.4. The number of benzene rings is 1. The van der Waals surface area contributed by atoms with Crippen molar-refractivity contribution in [3.05, 3.63) is 35.5 Å². The Labute approximate surface area is 167 Å². The van der Waals surface area contributed by atoms with Crippen LogP contribution in [0.25, 0.3) is 10.9 Å². The van der Waals surface area contributed by atoms with Crippen molar-refractivity contribution in [2.24, 2.45) is 11.8 Å². The molecular weight excluding hydrogens is 350 g/mol. The van der Waals surface area contributed by atoms with Crippen LogP contribution in [0.15, 0.2) is 24.3 Å². The number of carbonyl (C=O) groups excluding carboxylic acids is 1. The number of rotatable bonds is 10. The number of carboxylic acid groups (broad SMARTS) is 1. The summed E-state index contributed by atoms with van der Waals surface area (Å²) in [5, 5.41) is 9.93. The van der Waals surface area contributed by atoms with E-state index in [9.17, 15) is 9.59 Å². The van der Waals surface area contributed by atoms with E-state index < -0.39 is 5.97 Å². The molecule has 0 amide bonds. The monoisotopic (exact) mass is 383 g/mol. The number of ketones is 1. The van der Waals surface area contributed by atoms with Gasteiger partial charge in [-0.3, -0.25) is 9.59 Å². The minimum Gasteiger partial charge on any atom is -0.481 e. The first-order chi connectivity index (χ1) is 13.6. The largest absolute Gasteiger partial charge is 0.481 e. The highest BCUT2D eigenvalue weighted by Crippen LogP contribution is 2.36. The summed E-state index contributed by atoms with van der Waals surface area (Å²) >= 11 is 0. The highest BCUT2D eigenvalue weighted by molar-refractivity contribution is 6.10. The summed E-state index contributed by atoms with van der Waals surface area (Å²) in [6.45, 7) is 2.24. The first kappa shape index (κ1) is 20.6. The second kappa shape index (κ2) is 9.90. The zero-order valence-corrected chi connectivity index (χ0v) is 17.0. The van der Waals surface area contributed by atoms with E-state index in [4.69, 9.17) is 5.11 Å². The third-order valence-electron chi connectivity index (χ3n) is 6.28. The summed E-state index contributed by atoms with van der Waals surface area (Å²) in [5.74, 6) is 0.369. The predicted octanol–water partition coefficient (Wildman–Crippen LogP) is 6.14. The second-order valence-electron chi connectivity index (χ2n) is 8.35. The van der Waals surface area contributed by atoms with Crippen LogP contribution in [0, 0.1) is 11.8 Å². The van der Waals surface area contributed by atoms with Gasteiger partial charge in [0.15, 0.2) is 5.78 Å². The number of aryl methyl sites for hydroxylation is 1. The lowest BCUT2D eigenvalue weighted by molar-refractivity contribution is -0.137. The zero-order chi connectivity index (χ0) is 19.9. The Morgan fingerprint density at radius 2 is 1.82 bits per heavy atom. The van der Waals surface area contributed by atoms with Gasteiger partial charge in [0.05, 0.1) is 0 Å². The maximum Gasteiger partial charge on any atom is 0.303 e. The van der Waals surface area contributed by atoms with Crippen molar-refractivity contribution < 1.29 is 14.7 Å². The van der Waals surface area contributed by atoms with Crippen LogP contribution in [0.2, 0.25) is 0 Å². The average molecular weight is 384 g/mol. The summed E-state index contributed by atoms with van der Waals surface area (Å²) in [4.78, 5) is 27.7. The number of H-pyrrole nitrogens is 1. The number of hydrogen-bond donors (Lipinski definition) is 2. The first-order valence-corrected chi connectivity index (χ1v) is 11.0. The zero-order valence-electron chi connectivity index (χ0n) is 17.0. The van der Waals surface area contributed by atoms with Crippen molar-refractivity contribution in [3.63, 3.8) is 0 Å². The third-order valence-corrected chi connectivity index (χ3v) is 6.28. The van der Waals surface area contributed by atoms with Crippen molar-refractivity contribution in [2.45, 2.75) is 77.6 Å². The van der Waals surface area contributed by atoms with E-state index in [0.717, 1.165) is 53.8 Å². The van der Waals surface area contributed by atoms with Crippen LogP contribution in [0.1, 0.15) is 87.2 Å². The average Bonchev–Trinajstić information content (AvgIpc) is 3.06. The summed E-state index contributed by atoms with van der Waals surface area (Å²) in [6, 6.07) is 7.95. The van der Waals surface area contributed by atoms with Crippen LogP contribution in [0.5, 0.6) is 0 Å². The number of fused-ring (bicyclic) bond motifs is 1. The van der Waals surface area contributed by atoms with Gasteiger partial charge in [0.25, 0.3) is 0 Å². The molecule has 0 bridgehead atoms. The van der Waals surface area contributed by atoms with Gasteiger partial charge in [0.2, 0.25) is 0 Å². The quantitative estimate of drug-likeness (QED) is 0.382. The Morgan fingerprint density at radius 1 is 1.07 bits per heavy atom. The highest BCUT2D eigenvalue weighted by Gasteiger charge is 2.29.